The van der Waals surface area contributed by atoms with Crippen LogP contribution in [-0.4, -0.2) is 54.7 Å². The van der Waals surface area contributed by atoms with E-state index in [0.29, 0.717) is 0 Å². The van der Waals surface area contributed by atoms with Crippen LogP contribution in [0.25, 0.3) is 0 Å². The van der Waals surface area contributed by atoms with Crippen LogP contribution in [0.1, 0.15) is 39.0 Å². The number of hydrogen-bond acceptors (Lipinski definition) is 7. The number of hydrogen-bond donors (Lipinski definition) is 0. The maximum absolute atomic E-state index is 13.1. The quantitative estimate of drug-likeness (QED) is 0.352. The van der Waals surface area contributed by atoms with E-state index in [9.17, 15) is 48.9 Å². The van der Waals surface area contributed by atoms with Crippen LogP contribution in [0.5, 0.6) is 0 Å². The van der Waals surface area contributed by atoms with E-state index in [-0.39, 0.29) is 32.1 Å². The van der Waals surface area contributed by atoms with E-state index in [1.165, 1.54) is 6.92 Å². The minimum Gasteiger partial charge on any atom is -0.748 e. The maximum Gasteiger partial charge on any atom is 0.438 e. The Balaban J connectivity index is 3.01. The Kier molecular flexibility index (Phi) is 7.37. The highest BCUT2D eigenvalue weighted by Gasteiger charge is 2.75. The summed E-state index contributed by atoms with van der Waals surface area (Å²) in [6.07, 6.45) is -13.9. The van der Waals surface area contributed by atoms with Crippen LogP contribution in [-0.2, 0) is 29.2 Å². The fourth-order valence-electron chi connectivity index (χ4n) is 2.66. The van der Waals surface area contributed by atoms with Crippen molar-refractivity contribution in [3.8, 4) is 0 Å². The fourth-order valence-corrected chi connectivity index (χ4v) is 3.54. The molecule has 0 aliphatic heterocycles. The Morgan fingerprint density at radius 2 is 1.46 bits per heavy atom. The lowest BCUT2D eigenvalue weighted by molar-refractivity contribution is -0.362. The van der Waals surface area contributed by atoms with Crippen molar-refractivity contribution in [2.75, 3.05) is 5.75 Å². The normalized spacial score (nSPS) is 21.9. The molecule has 0 N–H and O–H groups in total. The SMILES string of the molecule is CCC(=O)OC1CCC(C(=O)OC(CS(=O)(=O)[O-])(C(F)(F)F)C(F)(F)F)CC1. The first kappa shape index (κ1) is 24.5. The lowest BCUT2D eigenvalue weighted by Crippen LogP contribution is -2.64. The van der Waals surface area contributed by atoms with E-state index < -0.39 is 57.8 Å². The molecule has 0 heterocycles. The summed E-state index contributed by atoms with van der Waals surface area (Å²) >= 11 is 0. The summed E-state index contributed by atoms with van der Waals surface area (Å²) in [7, 11) is -6.07. The summed E-state index contributed by atoms with van der Waals surface area (Å²) < 4.78 is 119. The average Bonchev–Trinajstić information content (AvgIpc) is 2.51. The molecule has 1 rings (SSSR count). The molecule has 0 radical (unpaired) electrons. The van der Waals surface area contributed by atoms with Gasteiger partial charge < -0.3 is 14.0 Å². The Bertz CT molecular complexity index is 663. The summed E-state index contributed by atoms with van der Waals surface area (Å²) in [5, 5.41) is 0. The van der Waals surface area contributed by atoms with Crippen LogP contribution in [0.15, 0.2) is 0 Å². The third-order valence-corrected chi connectivity index (χ3v) is 4.93. The molecule has 0 spiro atoms. The van der Waals surface area contributed by atoms with E-state index in [4.69, 9.17) is 4.74 Å². The number of alkyl halides is 6. The fraction of sp³-hybridized carbons (Fsp3) is 0.857. The molecule has 28 heavy (non-hydrogen) atoms. The number of carbonyl (C=O) groups excluding carboxylic acids is 2. The third kappa shape index (κ3) is 5.96. The molecule has 0 unspecified atom stereocenters. The van der Waals surface area contributed by atoms with Gasteiger partial charge in [-0.15, -0.1) is 0 Å². The second-order valence-corrected chi connectivity index (χ2v) is 7.67. The van der Waals surface area contributed by atoms with Gasteiger partial charge in [-0.3, -0.25) is 9.59 Å². The van der Waals surface area contributed by atoms with Crippen LogP contribution in [0.3, 0.4) is 0 Å². The Labute approximate surface area is 156 Å². The van der Waals surface area contributed by atoms with Crippen molar-refractivity contribution in [1.29, 1.82) is 0 Å². The van der Waals surface area contributed by atoms with Gasteiger partial charge in [-0.1, -0.05) is 6.92 Å². The number of carbonyl (C=O) groups is 2. The molecule has 0 saturated heterocycles. The molecule has 0 bridgehead atoms. The molecule has 7 nitrogen and oxygen atoms in total. The zero-order chi connectivity index (χ0) is 22.0. The summed E-state index contributed by atoms with van der Waals surface area (Å²) in [6.45, 7) is 1.52. The summed E-state index contributed by atoms with van der Waals surface area (Å²) in [6, 6.07) is 0. The van der Waals surface area contributed by atoms with Crippen molar-refractivity contribution in [1.82, 2.24) is 0 Å². The zero-order valence-corrected chi connectivity index (χ0v) is 15.2. The van der Waals surface area contributed by atoms with E-state index in [0.717, 1.165) is 0 Å². The number of halogens is 6. The molecule has 1 fully saturated rings. The molecular formula is C14H17F6O7S-. The van der Waals surface area contributed by atoms with Gasteiger partial charge in [0.05, 0.1) is 21.8 Å². The van der Waals surface area contributed by atoms with E-state index >= 15 is 0 Å². The highest BCUT2D eigenvalue weighted by molar-refractivity contribution is 7.85. The van der Waals surface area contributed by atoms with Crippen molar-refractivity contribution in [3.05, 3.63) is 0 Å². The molecule has 0 aromatic carbocycles. The Morgan fingerprint density at radius 3 is 1.82 bits per heavy atom. The summed E-state index contributed by atoms with van der Waals surface area (Å²) in [5.41, 5.74) is -5.47. The summed E-state index contributed by atoms with van der Waals surface area (Å²) in [5.74, 6) is -6.92. The van der Waals surface area contributed by atoms with Crippen LogP contribution in [0.4, 0.5) is 26.3 Å². The lowest BCUT2D eigenvalue weighted by Gasteiger charge is -2.38. The molecule has 0 amide bonds. The van der Waals surface area contributed by atoms with Gasteiger partial charge in [0.2, 0.25) is 0 Å². The number of rotatable bonds is 6. The van der Waals surface area contributed by atoms with Crippen LogP contribution >= 0.6 is 0 Å². The highest BCUT2D eigenvalue weighted by Crippen LogP contribution is 2.47. The van der Waals surface area contributed by atoms with Crippen molar-refractivity contribution >= 4 is 22.1 Å². The van der Waals surface area contributed by atoms with Crippen LogP contribution < -0.4 is 0 Å². The molecule has 0 aromatic rings. The first-order chi connectivity index (χ1) is 12.5. The predicted octanol–water partition coefficient (Wildman–Crippen LogP) is 2.45. The largest absolute Gasteiger partial charge is 0.748 e. The first-order valence-electron chi connectivity index (χ1n) is 8.01. The minimum atomic E-state index is -6.40. The van der Waals surface area contributed by atoms with Crippen LogP contribution in [0, 0.1) is 5.92 Å². The van der Waals surface area contributed by atoms with E-state index in [1.54, 1.807) is 0 Å². The molecule has 1 aliphatic rings. The maximum atomic E-state index is 13.1. The smallest absolute Gasteiger partial charge is 0.438 e. The molecular weight excluding hydrogens is 426 g/mol. The second kappa shape index (κ2) is 8.43. The lowest BCUT2D eigenvalue weighted by atomic mass is 9.87. The van der Waals surface area contributed by atoms with E-state index in [2.05, 4.69) is 4.74 Å². The van der Waals surface area contributed by atoms with Gasteiger partial charge in [0.1, 0.15) is 6.10 Å². The summed E-state index contributed by atoms with van der Waals surface area (Å²) in [4.78, 5) is 23.1. The standard InChI is InChI=1S/C14H18F6O7S/c1-2-10(21)26-9-5-3-8(4-6-9)11(22)27-12(13(15,16)17,14(18,19)20)7-28(23,24)25/h8-9H,2-7H2,1H3,(H,23,24,25)/p-1. The van der Waals surface area contributed by atoms with Gasteiger partial charge >= 0.3 is 29.9 Å². The predicted molar refractivity (Wildman–Crippen MR) is 77.6 cm³/mol. The number of ether oxygens (including phenoxy) is 2. The molecule has 14 heteroatoms. The van der Waals surface area contributed by atoms with E-state index in [1.807, 2.05) is 0 Å². The Morgan fingerprint density at radius 1 is 1.00 bits per heavy atom. The number of esters is 2. The average molecular weight is 443 g/mol. The Hall–Kier alpha value is -1.57. The van der Waals surface area contributed by atoms with Crippen molar-refractivity contribution in [3.63, 3.8) is 0 Å². The van der Waals surface area contributed by atoms with Crippen molar-refractivity contribution < 1.29 is 58.4 Å². The monoisotopic (exact) mass is 443 g/mol. The minimum absolute atomic E-state index is 0.00357. The van der Waals surface area contributed by atoms with Gasteiger partial charge in [-0.25, -0.2) is 8.42 Å². The first-order valence-corrected chi connectivity index (χ1v) is 9.59. The molecule has 0 aromatic heterocycles. The van der Waals surface area contributed by atoms with Gasteiger partial charge in [-0.2, -0.15) is 26.3 Å². The van der Waals surface area contributed by atoms with Crippen molar-refractivity contribution in [2.45, 2.75) is 63.1 Å². The van der Waals surface area contributed by atoms with Crippen LogP contribution in [0.2, 0.25) is 0 Å². The van der Waals surface area contributed by atoms with Gasteiger partial charge in [0.15, 0.2) is 0 Å². The third-order valence-electron chi connectivity index (χ3n) is 4.17. The van der Waals surface area contributed by atoms with Gasteiger partial charge in [-0.05, 0) is 25.7 Å². The second-order valence-electron chi connectivity index (χ2n) is 6.26. The topological polar surface area (TPSA) is 110 Å². The van der Waals surface area contributed by atoms with Gasteiger partial charge in [0, 0.05) is 6.42 Å². The molecule has 1 saturated carbocycles. The molecule has 0 atom stereocenters. The van der Waals surface area contributed by atoms with Crippen molar-refractivity contribution in [2.24, 2.45) is 5.92 Å². The van der Waals surface area contributed by atoms with Gasteiger partial charge in [0.25, 0.3) is 0 Å². The highest BCUT2D eigenvalue weighted by atomic mass is 32.2. The zero-order valence-electron chi connectivity index (χ0n) is 14.4. The molecule has 164 valence electrons. The molecule has 1 aliphatic carbocycles.